The van der Waals surface area contributed by atoms with Gasteiger partial charge in [0.15, 0.2) is 0 Å². The number of nitrogens with two attached hydrogens (primary N) is 1. The molecule has 2 heterocycles. The van der Waals surface area contributed by atoms with Crippen molar-refractivity contribution in [3.63, 3.8) is 0 Å². The molecule has 8 heteroatoms. The average Bonchev–Trinajstić information content (AvgIpc) is 2.96. The van der Waals surface area contributed by atoms with Crippen molar-refractivity contribution >= 4 is 29.7 Å². The van der Waals surface area contributed by atoms with Crippen molar-refractivity contribution in [2.45, 2.75) is 24.9 Å². The van der Waals surface area contributed by atoms with E-state index in [9.17, 15) is 8.42 Å². The lowest BCUT2D eigenvalue weighted by Crippen LogP contribution is -2.22. The van der Waals surface area contributed by atoms with Gasteiger partial charge < -0.3 is 5.32 Å². The van der Waals surface area contributed by atoms with Crippen molar-refractivity contribution < 1.29 is 8.42 Å². The largest absolute Gasteiger partial charge is 0.381 e. The van der Waals surface area contributed by atoms with Crippen LogP contribution in [0.3, 0.4) is 0 Å². The summed E-state index contributed by atoms with van der Waals surface area (Å²) < 4.78 is 24.6. The summed E-state index contributed by atoms with van der Waals surface area (Å²) >= 11 is 0. The highest BCUT2D eigenvalue weighted by atomic mass is 32.2. The van der Waals surface area contributed by atoms with Gasteiger partial charge in [0, 0.05) is 24.4 Å². The van der Waals surface area contributed by atoms with Crippen molar-refractivity contribution in [2.24, 2.45) is 5.14 Å². The van der Waals surface area contributed by atoms with E-state index in [0.29, 0.717) is 6.54 Å². The number of sulfonamides is 1. The third kappa shape index (κ3) is 3.47. The van der Waals surface area contributed by atoms with Crippen LogP contribution in [0.15, 0.2) is 41.4 Å². The normalized spacial score (nSPS) is 15.3. The summed E-state index contributed by atoms with van der Waals surface area (Å²) in [6.07, 6.45) is 5.13. The van der Waals surface area contributed by atoms with E-state index in [0.717, 1.165) is 38.1 Å². The number of allylic oxidation sites excluding steroid dienone is 1. The summed E-state index contributed by atoms with van der Waals surface area (Å²) in [5.41, 5.74) is 4.55. The predicted molar refractivity (Wildman–Crippen MR) is 93.3 cm³/mol. The van der Waals surface area contributed by atoms with Crippen molar-refractivity contribution in [3.05, 3.63) is 47.7 Å². The van der Waals surface area contributed by atoms with E-state index in [1.165, 1.54) is 17.6 Å². The summed E-state index contributed by atoms with van der Waals surface area (Å²) in [6.45, 7) is 3.59. The molecule has 0 amide bonds. The van der Waals surface area contributed by atoms with Crippen molar-refractivity contribution in [3.8, 4) is 0 Å². The van der Waals surface area contributed by atoms with E-state index in [4.69, 9.17) is 5.14 Å². The minimum absolute atomic E-state index is 0.130. The Morgan fingerprint density at radius 2 is 2.09 bits per heavy atom. The first-order valence-corrected chi connectivity index (χ1v) is 10.1. The fourth-order valence-electron chi connectivity index (χ4n) is 2.53. The second-order valence-electron chi connectivity index (χ2n) is 5.26. The lowest BCUT2D eigenvalue weighted by molar-refractivity contribution is 0.597. The van der Waals surface area contributed by atoms with Crippen LogP contribution in [-0.2, 0) is 23.1 Å². The first-order valence-electron chi connectivity index (χ1n) is 7.35. The number of benzene rings is 1. The monoisotopic (exact) mass is 350 g/mol. The molecule has 0 aliphatic carbocycles. The zero-order valence-electron chi connectivity index (χ0n) is 12.8. The maximum Gasteiger partial charge on any atom is 0.238 e. The molecule has 0 fully saturated rings. The minimum Gasteiger partial charge on any atom is -0.381 e. The van der Waals surface area contributed by atoms with E-state index in [1.54, 1.807) is 12.1 Å². The van der Waals surface area contributed by atoms with Crippen LogP contribution in [0.5, 0.6) is 0 Å². The molecule has 0 saturated heterocycles. The molecule has 23 heavy (non-hydrogen) atoms. The maximum atomic E-state index is 11.3. The molecule has 6 nitrogen and oxygen atoms in total. The molecule has 1 aromatic heterocycles. The van der Waals surface area contributed by atoms with Gasteiger partial charge in [0.2, 0.25) is 10.0 Å². The van der Waals surface area contributed by atoms with Gasteiger partial charge in [0.25, 0.3) is 0 Å². The topological polar surface area (TPSA) is 90.0 Å². The number of hydrogen-bond donors (Lipinski definition) is 2. The maximum absolute atomic E-state index is 11.3. The third-order valence-electron chi connectivity index (χ3n) is 3.74. The molecule has 1 unspecified atom stereocenters. The number of aryl methyl sites for hydroxylation is 1. The Balaban J connectivity index is 1.72. The highest BCUT2D eigenvalue weighted by molar-refractivity contribution is 7.89. The fraction of sp³-hybridized carbons (Fsp3) is 0.267. The SMILES string of the molecule is CCn1ncc2c1PCC=C2NCc1ccc(S(N)(=O)=O)cc1. The minimum atomic E-state index is -3.64. The predicted octanol–water partition coefficient (Wildman–Crippen LogP) is 0.998. The second-order valence-corrected chi connectivity index (χ2v) is 8.06. The highest BCUT2D eigenvalue weighted by Crippen LogP contribution is 2.25. The third-order valence-corrected chi connectivity index (χ3v) is 5.94. The Hall–Kier alpha value is -1.69. The smallest absolute Gasteiger partial charge is 0.238 e. The molecule has 122 valence electrons. The first-order chi connectivity index (χ1) is 11.0. The zero-order valence-corrected chi connectivity index (χ0v) is 14.6. The van der Waals surface area contributed by atoms with Crippen LogP contribution in [0.25, 0.3) is 5.70 Å². The van der Waals surface area contributed by atoms with Crippen LogP contribution in [0, 0.1) is 0 Å². The number of aromatic nitrogens is 2. The molecule has 0 saturated carbocycles. The standard InChI is InChI=1S/C15H19N4O2PS/c1-2-19-15-13(10-18-19)14(7-8-22-15)17-9-11-3-5-12(6-4-11)23(16,20)21/h3-7,10,17,22H,2,8-9H2,1H3,(H2,16,20,21). The molecule has 1 aromatic carbocycles. The van der Waals surface area contributed by atoms with Gasteiger partial charge in [-0.15, -0.1) is 0 Å². The fourth-order valence-corrected chi connectivity index (χ4v) is 4.33. The van der Waals surface area contributed by atoms with Crippen LogP contribution >= 0.6 is 8.58 Å². The van der Waals surface area contributed by atoms with Gasteiger partial charge in [-0.1, -0.05) is 26.8 Å². The average molecular weight is 350 g/mol. The van der Waals surface area contributed by atoms with Crippen molar-refractivity contribution in [1.29, 1.82) is 0 Å². The first kappa shape index (κ1) is 16.2. The van der Waals surface area contributed by atoms with E-state index in [1.807, 2.05) is 10.9 Å². The van der Waals surface area contributed by atoms with Crippen molar-refractivity contribution in [2.75, 3.05) is 6.16 Å². The van der Waals surface area contributed by atoms with Crippen LogP contribution in [-0.4, -0.2) is 24.4 Å². The summed E-state index contributed by atoms with van der Waals surface area (Å²) in [6, 6.07) is 6.61. The summed E-state index contributed by atoms with van der Waals surface area (Å²) in [7, 11) is -2.88. The number of rotatable bonds is 5. The molecular weight excluding hydrogens is 331 g/mol. The Kier molecular flexibility index (Phi) is 4.53. The van der Waals surface area contributed by atoms with E-state index in [-0.39, 0.29) is 4.90 Å². The van der Waals surface area contributed by atoms with Gasteiger partial charge in [0.1, 0.15) is 0 Å². The molecule has 1 atom stereocenters. The molecule has 1 aliphatic heterocycles. The lowest BCUT2D eigenvalue weighted by Gasteiger charge is -2.17. The lowest BCUT2D eigenvalue weighted by atomic mass is 10.2. The number of nitrogens with zero attached hydrogens (tertiary/aromatic N) is 2. The van der Waals surface area contributed by atoms with E-state index in [2.05, 4.69) is 23.4 Å². The molecule has 0 bridgehead atoms. The van der Waals surface area contributed by atoms with Gasteiger partial charge in [-0.2, -0.15) is 5.10 Å². The summed E-state index contributed by atoms with van der Waals surface area (Å²) in [5, 5.41) is 12.9. The Labute approximate surface area is 137 Å². The summed E-state index contributed by atoms with van der Waals surface area (Å²) in [5.74, 6) is 0. The van der Waals surface area contributed by atoms with E-state index >= 15 is 0 Å². The number of hydrogen-bond acceptors (Lipinski definition) is 4. The molecule has 0 spiro atoms. The van der Waals surface area contributed by atoms with Crippen LogP contribution in [0.1, 0.15) is 18.1 Å². The Bertz CT molecular complexity index is 841. The Morgan fingerprint density at radius 1 is 1.35 bits per heavy atom. The van der Waals surface area contributed by atoms with Crippen LogP contribution in [0.2, 0.25) is 0 Å². The molecule has 3 N–H and O–H groups in total. The number of primary sulfonamides is 1. The molecule has 3 rings (SSSR count). The van der Waals surface area contributed by atoms with Gasteiger partial charge in [-0.05, 0) is 30.8 Å². The van der Waals surface area contributed by atoms with Crippen molar-refractivity contribution in [1.82, 2.24) is 15.1 Å². The molecule has 2 aromatic rings. The van der Waals surface area contributed by atoms with E-state index < -0.39 is 10.0 Å². The van der Waals surface area contributed by atoms with Gasteiger partial charge >= 0.3 is 0 Å². The molecular formula is C15H19N4O2PS. The quantitative estimate of drug-likeness (QED) is 0.787. The highest BCUT2D eigenvalue weighted by Gasteiger charge is 2.17. The Morgan fingerprint density at radius 3 is 2.74 bits per heavy atom. The molecule has 0 radical (unpaired) electrons. The van der Waals surface area contributed by atoms with Gasteiger partial charge in [-0.25, -0.2) is 13.6 Å². The summed E-state index contributed by atoms with van der Waals surface area (Å²) in [4.78, 5) is 0.130. The van der Waals surface area contributed by atoms with Crippen LogP contribution < -0.4 is 15.9 Å². The molecule has 1 aliphatic rings. The van der Waals surface area contributed by atoms with Gasteiger partial charge in [-0.3, -0.25) is 4.68 Å². The zero-order chi connectivity index (χ0) is 16.4. The number of fused-ring (bicyclic) bond motifs is 1. The van der Waals surface area contributed by atoms with Gasteiger partial charge in [0.05, 0.1) is 16.5 Å². The number of nitrogens with one attached hydrogen (secondary N) is 1. The second kappa shape index (κ2) is 6.43. The van der Waals surface area contributed by atoms with Crippen LogP contribution in [0.4, 0.5) is 0 Å².